The molecule has 37 heavy (non-hydrogen) atoms. The number of alkyl halides is 2. The van der Waals surface area contributed by atoms with E-state index in [1.165, 1.54) is 18.5 Å². The SMILES string of the molecule is Nc1ncnc2c1ncn2Cc1cc(-c2ccc(F)c(Cl)n2)ncc1N1CCCC(N)(C(O)C(F)F)C1. The predicted molar refractivity (Wildman–Crippen MR) is 132 cm³/mol. The summed E-state index contributed by atoms with van der Waals surface area (Å²) in [5, 5.41) is 9.84. The molecule has 1 saturated heterocycles. The molecular formula is C23H23ClF3N9O. The van der Waals surface area contributed by atoms with Gasteiger partial charge in [0.05, 0.1) is 41.7 Å². The highest BCUT2D eigenvalue weighted by atomic mass is 35.5. The maximum atomic E-state index is 13.7. The van der Waals surface area contributed by atoms with E-state index >= 15 is 0 Å². The summed E-state index contributed by atoms with van der Waals surface area (Å²) in [7, 11) is 0. The van der Waals surface area contributed by atoms with E-state index in [0.717, 1.165) is 0 Å². The van der Waals surface area contributed by atoms with Gasteiger partial charge in [0.25, 0.3) is 6.43 Å². The highest BCUT2D eigenvalue weighted by molar-refractivity contribution is 6.29. The summed E-state index contributed by atoms with van der Waals surface area (Å²) in [5.74, 6) is -0.427. The molecule has 1 aliphatic rings. The smallest absolute Gasteiger partial charge is 0.265 e. The second-order valence-electron chi connectivity index (χ2n) is 9.01. The fourth-order valence-electron chi connectivity index (χ4n) is 4.61. The van der Waals surface area contributed by atoms with Gasteiger partial charge in [-0.3, -0.25) is 4.98 Å². The van der Waals surface area contributed by atoms with Crippen molar-refractivity contribution in [1.82, 2.24) is 29.5 Å². The number of halogens is 4. The lowest BCUT2D eigenvalue weighted by molar-refractivity contribution is -0.0529. The van der Waals surface area contributed by atoms with Crippen LogP contribution < -0.4 is 16.4 Å². The number of hydrogen-bond acceptors (Lipinski definition) is 9. The zero-order chi connectivity index (χ0) is 26.3. The second-order valence-corrected chi connectivity index (χ2v) is 9.37. The van der Waals surface area contributed by atoms with Crippen LogP contribution in [0, 0.1) is 5.82 Å². The molecule has 194 valence electrons. The van der Waals surface area contributed by atoms with Crippen LogP contribution in [-0.4, -0.2) is 65.8 Å². The first-order valence-corrected chi connectivity index (χ1v) is 11.8. The minimum atomic E-state index is -2.97. The van der Waals surface area contributed by atoms with Crippen molar-refractivity contribution >= 4 is 34.3 Å². The van der Waals surface area contributed by atoms with Gasteiger partial charge in [-0.05, 0) is 36.6 Å². The van der Waals surface area contributed by atoms with Gasteiger partial charge in [0.15, 0.2) is 22.4 Å². The Morgan fingerprint density at radius 1 is 1.16 bits per heavy atom. The molecule has 1 fully saturated rings. The van der Waals surface area contributed by atoms with Crippen LogP contribution in [0.5, 0.6) is 0 Å². The number of aliphatic hydroxyl groups excluding tert-OH is 1. The molecule has 2 unspecified atom stereocenters. The summed E-state index contributed by atoms with van der Waals surface area (Å²) in [6, 6.07) is 4.40. The van der Waals surface area contributed by atoms with Crippen molar-refractivity contribution in [3.8, 4) is 11.4 Å². The standard InChI is InChI=1S/C23H23ClF3N9O/c24-19-13(25)2-3-14(34-19)15-6-12(8-36-11-33-17-21(28)31-10-32-22(17)36)16(7-30-15)35-5-1-4-23(29,9-35)18(37)20(26)27/h2-3,6-7,10-11,18,20,37H,1,4-5,8-9,29H2,(H2,28,31,32). The highest BCUT2D eigenvalue weighted by Gasteiger charge is 2.43. The average Bonchev–Trinajstić information content (AvgIpc) is 3.29. The number of nitrogens with two attached hydrogens (primary N) is 2. The van der Waals surface area contributed by atoms with Gasteiger partial charge >= 0.3 is 0 Å². The molecular weight excluding hydrogens is 511 g/mol. The Morgan fingerprint density at radius 3 is 2.73 bits per heavy atom. The van der Waals surface area contributed by atoms with E-state index in [4.69, 9.17) is 23.1 Å². The van der Waals surface area contributed by atoms with Crippen molar-refractivity contribution in [2.45, 2.75) is 37.5 Å². The third-order valence-electron chi connectivity index (χ3n) is 6.53. The molecule has 10 nitrogen and oxygen atoms in total. The minimum absolute atomic E-state index is 0.00699. The molecule has 14 heteroatoms. The number of rotatable bonds is 6. The molecule has 0 bridgehead atoms. The summed E-state index contributed by atoms with van der Waals surface area (Å²) in [4.78, 5) is 22.9. The van der Waals surface area contributed by atoms with Crippen molar-refractivity contribution < 1.29 is 18.3 Å². The quantitative estimate of drug-likeness (QED) is 0.318. The van der Waals surface area contributed by atoms with E-state index in [9.17, 15) is 18.3 Å². The van der Waals surface area contributed by atoms with Crippen LogP contribution in [0.1, 0.15) is 18.4 Å². The highest BCUT2D eigenvalue weighted by Crippen LogP contribution is 2.33. The van der Waals surface area contributed by atoms with E-state index in [2.05, 4.69) is 24.9 Å². The number of fused-ring (bicyclic) bond motifs is 1. The number of aromatic nitrogens is 6. The van der Waals surface area contributed by atoms with Crippen LogP contribution in [0.2, 0.25) is 5.15 Å². The molecule has 0 aliphatic carbocycles. The van der Waals surface area contributed by atoms with Gasteiger partial charge in [-0.25, -0.2) is 33.1 Å². The van der Waals surface area contributed by atoms with Gasteiger partial charge in [0.2, 0.25) is 0 Å². The van der Waals surface area contributed by atoms with Gasteiger partial charge in [-0.15, -0.1) is 0 Å². The summed E-state index contributed by atoms with van der Waals surface area (Å²) < 4.78 is 42.2. The first kappa shape index (κ1) is 25.1. The van der Waals surface area contributed by atoms with Crippen molar-refractivity contribution in [2.75, 3.05) is 23.7 Å². The Bertz CT molecular complexity index is 1450. The molecule has 2 atom stereocenters. The number of aliphatic hydroxyl groups is 1. The third kappa shape index (κ3) is 4.77. The average molecular weight is 534 g/mol. The fraction of sp³-hybridized carbons (Fsp3) is 0.348. The summed E-state index contributed by atoms with van der Waals surface area (Å²) in [6.07, 6.45) is 0.266. The summed E-state index contributed by atoms with van der Waals surface area (Å²) in [5.41, 5.74) is 13.7. The second kappa shape index (κ2) is 9.72. The van der Waals surface area contributed by atoms with Crippen LogP contribution in [0.3, 0.4) is 0 Å². The lowest BCUT2D eigenvalue weighted by Gasteiger charge is -2.44. The van der Waals surface area contributed by atoms with Crippen molar-refractivity contribution in [3.63, 3.8) is 0 Å². The third-order valence-corrected chi connectivity index (χ3v) is 6.79. The molecule has 4 aromatic heterocycles. The monoisotopic (exact) mass is 533 g/mol. The van der Waals surface area contributed by atoms with Gasteiger partial charge in [-0.2, -0.15) is 0 Å². The van der Waals surface area contributed by atoms with E-state index in [0.29, 0.717) is 46.8 Å². The summed E-state index contributed by atoms with van der Waals surface area (Å²) in [6.45, 7) is 0.758. The number of nitrogens with zero attached hydrogens (tertiary/aromatic N) is 7. The number of pyridine rings is 2. The molecule has 0 saturated carbocycles. The first-order valence-electron chi connectivity index (χ1n) is 11.4. The van der Waals surface area contributed by atoms with Gasteiger partial charge in [-0.1, -0.05) is 11.6 Å². The Hall–Kier alpha value is -3.55. The number of hydrogen-bond donors (Lipinski definition) is 3. The number of anilines is 2. The minimum Gasteiger partial charge on any atom is -0.385 e. The molecule has 0 amide bonds. The van der Waals surface area contributed by atoms with E-state index in [-0.39, 0.29) is 30.5 Å². The maximum absolute atomic E-state index is 13.7. The largest absolute Gasteiger partial charge is 0.385 e. The molecule has 0 radical (unpaired) electrons. The van der Waals surface area contributed by atoms with Crippen LogP contribution in [0.25, 0.3) is 22.6 Å². The summed E-state index contributed by atoms with van der Waals surface area (Å²) >= 11 is 5.88. The van der Waals surface area contributed by atoms with Gasteiger partial charge < -0.3 is 26.0 Å². The molecule has 1 aliphatic heterocycles. The number of nitrogen functional groups attached to an aromatic ring is 1. The predicted octanol–water partition coefficient (Wildman–Crippen LogP) is 2.63. The van der Waals surface area contributed by atoms with Crippen molar-refractivity contribution in [1.29, 1.82) is 0 Å². The zero-order valence-corrected chi connectivity index (χ0v) is 20.2. The topological polar surface area (TPSA) is 145 Å². The maximum Gasteiger partial charge on any atom is 0.265 e. The van der Waals surface area contributed by atoms with Crippen molar-refractivity contribution in [3.05, 3.63) is 53.6 Å². The fourth-order valence-corrected chi connectivity index (χ4v) is 4.76. The van der Waals surface area contributed by atoms with Gasteiger partial charge in [0, 0.05) is 13.1 Å². The Morgan fingerprint density at radius 2 is 1.97 bits per heavy atom. The first-order chi connectivity index (χ1) is 17.7. The molecule has 4 aromatic rings. The Labute approximate surface area is 214 Å². The molecule has 0 aromatic carbocycles. The van der Waals surface area contributed by atoms with Gasteiger partial charge in [0.1, 0.15) is 17.9 Å². The van der Waals surface area contributed by atoms with E-state index in [1.54, 1.807) is 23.2 Å². The van der Waals surface area contributed by atoms with E-state index in [1.807, 2.05) is 4.90 Å². The lowest BCUT2D eigenvalue weighted by Crippen LogP contribution is -2.63. The van der Waals surface area contributed by atoms with Crippen LogP contribution >= 0.6 is 11.6 Å². The lowest BCUT2D eigenvalue weighted by atomic mass is 9.84. The number of piperidine rings is 1. The molecule has 5 heterocycles. The molecule has 5 N–H and O–H groups in total. The Kier molecular flexibility index (Phi) is 6.60. The normalized spacial score (nSPS) is 19.1. The zero-order valence-electron chi connectivity index (χ0n) is 19.4. The molecule has 5 rings (SSSR count). The Balaban J connectivity index is 1.58. The number of imidazole rings is 1. The van der Waals surface area contributed by atoms with Crippen LogP contribution in [0.4, 0.5) is 24.7 Å². The van der Waals surface area contributed by atoms with E-state index < -0.39 is 23.9 Å². The molecule has 0 spiro atoms. The van der Waals surface area contributed by atoms with Crippen LogP contribution in [-0.2, 0) is 6.54 Å². The van der Waals surface area contributed by atoms with Crippen molar-refractivity contribution in [2.24, 2.45) is 5.73 Å². The van der Waals surface area contributed by atoms with Crippen LogP contribution in [0.15, 0.2) is 37.1 Å².